The van der Waals surface area contributed by atoms with Crippen molar-refractivity contribution in [2.45, 2.75) is 31.6 Å². The third-order valence-electron chi connectivity index (χ3n) is 4.98. The molecule has 1 aromatic rings. The second-order valence-corrected chi connectivity index (χ2v) is 8.29. The number of nitrogens with zero attached hydrogens (tertiary/aromatic N) is 3. The highest BCUT2D eigenvalue weighted by molar-refractivity contribution is 7.89. The number of allylic oxidation sites excluding steroid dienone is 2. The summed E-state index contributed by atoms with van der Waals surface area (Å²) >= 11 is 0. The van der Waals surface area contributed by atoms with Crippen molar-refractivity contribution in [2.75, 3.05) is 18.5 Å². The molecule has 0 heterocycles. The summed E-state index contributed by atoms with van der Waals surface area (Å²) in [7, 11) is -3.86. The van der Waals surface area contributed by atoms with Crippen LogP contribution in [-0.2, 0) is 10.0 Å². The van der Waals surface area contributed by atoms with Gasteiger partial charge in [-0.25, -0.2) is 8.42 Å². The molecule has 3 rings (SSSR count). The van der Waals surface area contributed by atoms with Crippen molar-refractivity contribution < 1.29 is 13.3 Å². The molecule has 2 aliphatic carbocycles. The molecule has 0 aliphatic heterocycles. The standard InChI is InChI=1S/C17H22N4O4S/c1-3-20(4-2)26(24,25)17-11-13(21(22)23)8-9-15(17)18-19-16-10-12-6-5-7-14(12)16/h5-6,8-9,11-12,14,18H,3-4,7,10H2,1-2H3/b19-16+. The number of hydrazone groups is 1. The molecule has 2 aliphatic rings. The maximum atomic E-state index is 12.9. The van der Waals surface area contributed by atoms with Crippen LogP contribution in [0.4, 0.5) is 11.4 Å². The predicted molar refractivity (Wildman–Crippen MR) is 99.6 cm³/mol. The van der Waals surface area contributed by atoms with Crippen molar-refractivity contribution in [3.8, 4) is 0 Å². The summed E-state index contributed by atoms with van der Waals surface area (Å²) in [5.74, 6) is 0.926. The van der Waals surface area contributed by atoms with Gasteiger partial charge in [-0.2, -0.15) is 9.41 Å². The average molecular weight is 378 g/mol. The minimum Gasteiger partial charge on any atom is -0.277 e. The van der Waals surface area contributed by atoms with Gasteiger partial charge in [-0.05, 0) is 24.8 Å². The first-order chi connectivity index (χ1) is 12.4. The minimum atomic E-state index is -3.86. The van der Waals surface area contributed by atoms with E-state index in [2.05, 4.69) is 22.7 Å². The van der Waals surface area contributed by atoms with E-state index < -0.39 is 14.9 Å². The van der Waals surface area contributed by atoms with Crippen LogP contribution < -0.4 is 5.43 Å². The number of non-ortho nitro benzene ring substituents is 1. The van der Waals surface area contributed by atoms with Crippen LogP contribution in [0.5, 0.6) is 0 Å². The van der Waals surface area contributed by atoms with Crippen LogP contribution in [0.2, 0.25) is 0 Å². The van der Waals surface area contributed by atoms with Crippen molar-refractivity contribution in [1.82, 2.24) is 4.31 Å². The number of fused-ring (bicyclic) bond motifs is 1. The van der Waals surface area contributed by atoms with Crippen LogP contribution in [0, 0.1) is 22.0 Å². The van der Waals surface area contributed by atoms with Crippen molar-refractivity contribution in [3.63, 3.8) is 0 Å². The fourth-order valence-electron chi connectivity index (χ4n) is 3.43. The van der Waals surface area contributed by atoms with Gasteiger partial charge in [-0.3, -0.25) is 15.5 Å². The van der Waals surface area contributed by atoms with Gasteiger partial charge in [0, 0.05) is 36.9 Å². The largest absolute Gasteiger partial charge is 0.277 e. The molecule has 8 nitrogen and oxygen atoms in total. The Morgan fingerprint density at radius 1 is 1.35 bits per heavy atom. The van der Waals surface area contributed by atoms with Gasteiger partial charge in [-0.1, -0.05) is 26.0 Å². The quantitative estimate of drug-likeness (QED) is 0.446. The van der Waals surface area contributed by atoms with E-state index in [1.54, 1.807) is 13.8 Å². The Hall–Kier alpha value is -2.26. The van der Waals surface area contributed by atoms with E-state index in [9.17, 15) is 18.5 Å². The summed E-state index contributed by atoms with van der Waals surface area (Å²) in [5.41, 5.74) is 3.83. The summed E-state index contributed by atoms with van der Waals surface area (Å²) in [6, 6.07) is 3.78. The van der Waals surface area contributed by atoms with Gasteiger partial charge < -0.3 is 0 Å². The molecule has 0 amide bonds. The number of hydrogen-bond donors (Lipinski definition) is 1. The van der Waals surface area contributed by atoms with Crippen molar-refractivity contribution in [3.05, 3.63) is 40.5 Å². The summed E-state index contributed by atoms with van der Waals surface area (Å²) in [6.45, 7) is 4.02. The van der Waals surface area contributed by atoms with Crippen LogP contribution in [0.3, 0.4) is 0 Å². The number of hydrogen-bond acceptors (Lipinski definition) is 6. The molecule has 26 heavy (non-hydrogen) atoms. The van der Waals surface area contributed by atoms with Crippen LogP contribution in [0.1, 0.15) is 26.7 Å². The van der Waals surface area contributed by atoms with Gasteiger partial charge in [0.15, 0.2) is 0 Å². The number of sulfonamides is 1. The summed E-state index contributed by atoms with van der Waals surface area (Å²) in [5, 5.41) is 15.5. The van der Waals surface area contributed by atoms with E-state index in [1.165, 1.54) is 16.4 Å². The van der Waals surface area contributed by atoms with Crippen LogP contribution in [0.15, 0.2) is 40.3 Å². The molecule has 140 valence electrons. The molecule has 1 saturated carbocycles. The third kappa shape index (κ3) is 3.24. The molecule has 2 atom stereocenters. The molecular formula is C17H22N4O4S. The fourth-order valence-corrected chi connectivity index (χ4v) is 5.05. The Morgan fingerprint density at radius 3 is 2.69 bits per heavy atom. The Balaban J connectivity index is 1.94. The first kappa shape index (κ1) is 18.5. The second kappa shape index (κ2) is 7.16. The van der Waals surface area contributed by atoms with E-state index in [1.807, 2.05) is 0 Å². The van der Waals surface area contributed by atoms with E-state index in [0.29, 0.717) is 11.8 Å². The topological polar surface area (TPSA) is 105 Å². The lowest BCUT2D eigenvalue weighted by molar-refractivity contribution is -0.385. The third-order valence-corrected chi connectivity index (χ3v) is 7.07. The average Bonchev–Trinajstić information content (AvgIpc) is 2.96. The number of nitro groups is 1. The molecule has 0 bridgehead atoms. The molecule has 0 radical (unpaired) electrons. The molecular weight excluding hydrogens is 356 g/mol. The number of rotatable bonds is 7. The van der Waals surface area contributed by atoms with E-state index >= 15 is 0 Å². The van der Waals surface area contributed by atoms with Crippen LogP contribution in [0.25, 0.3) is 0 Å². The van der Waals surface area contributed by atoms with Crippen LogP contribution >= 0.6 is 0 Å². The van der Waals surface area contributed by atoms with E-state index in [0.717, 1.165) is 24.6 Å². The highest BCUT2D eigenvalue weighted by Gasteiger charge is 2.38. The molecule has 0 saturated heterocycles. The number of anilines is 1. The Morgan fingerprint density at radius 2 is 2.08 bits per heavy atom. The molecule has 9 heteroatoms. The lowest BCUT2D eigenvalue weighted by Gasteiger charge is -2.32. The van der Waals surface area contributed by atoms with Gasteiger partial charge in [-0.15, -0.1) is 0 Å². The Kier molecular flexibility index (Phi) is 5.10. The zero-order chi connectivity index (χ0) is 18.9. The van der Waals surface area contributed by atoms with E-state index in [4.69, 9.17) is 0 Å². The highest BCUT2D eigenvalue weighted by atomic mass is 32.2. The Labute approximate surface area is 152 Å². The van der Waals surface area contributed by atoms with Gasteiger partial charge in [0.25, 0.3) is 5.69 Å². The van der Waals surface area contributed by atoms with Gasteiger partial charge >= 0.3 is 0 Å². The van der Waals surface area contributed by atoms with Crippen LogP contribution in [-0.4, -0.2) is 36.4 Å². The first-order valence-electron chi connectivity index (χ1n) is 8.66. The highest BCUT2D eigenvalue weighted by Crippen LogP contribution is 2.40. The molecule has 2 unspecified atom stereocenters. The van der Waals surface area contributed by atoms with Crippen molar-refractivity contribution in [1.29, 1.82) is 0 Å². The summed E-state index contributed by atoms with van der Waals surface area (Å²) < 4.78 is 27.1. The zero-order valence-electron chi connectivity index (χ0n) is 14.8. The SMILES string of the molecule is CCN(CC)S(=O)(=O)c1cc([N+](=O)[O-])ccc1N/N=C1\CC2C=CCC12. The Bertz CT molecular complexity index is 875. The molecule has 1 aromatic carbocycles. The minimum absolute atomic E-state index is 0.125. The fraction of sp³-hybridized carbons (Fsp3) is 0.471. The molecule has 1 N–H and O–H groups in total. The molecule has 1 fully saturated rings. The maximum absolute atomic E-state index is 12.9. The maximum Gasteiger partial charge on any atom is 0.270 e. The normalized spacial score (nSPS) is 23.1. The molecule has 0 spiro atoms. The smallest absolute Gasteiger partial charge is 0.270 e. The van der Waals surface area contributed by atoms with Crippen molar-refractivity contribution >= 4 is 27.1 Å². The van der Waals surface area contributed by atoms with Crippen molar-refractivity contribution in [2.24, 2.45) is 16.9 Å². The van der Waals surface area contributed by atoms with Gasteiger partial charge in [0.05, 0.1) is 10.6 Å². The summed E-state index contributed by atoms with van der Waals surface area (Å²) in [4.78, 5) is 10.4. The molecule has 0 aromatic heterocycles. The number of nitrogens with one attached hydrogen (secondary N) is 1. The second-order valence-electron chi connectivity index (χ2n) is 6.38. The predicted octanol–water partition coefficient (Wildman–Crippen LogP) is 2.99. The summed E-state index contributed by atoms with van der Waals surface area (Å²) in [6.07, 6.45) is 6.14. The van der Waals surface area contributed by atoms with Gasteiger partial charge in [0.1, 0.15) is 4.90 Å². The van der Waals surface area contributed by atoms with E-state index in [-0.39, 0.29) is 29.4 Å². The lowest BCUT2D eigenvalue weighted by atomic mass is 9.74. The monoisotopic (exact) mass is 378 g/mol. The lowest BCUT2D eigenvalue weighted by Crippen LogP contribution is -2.34. The van der Waals surface area contributed by atoms with Gasteiger partial charge in [0.2, 0.25) is 10.0 Å². The first-order valence-corrected chi connectivity index (χ1v) is 10.1. The number of benzene rings is 1. The number of nitro benzene ring substituents is 1. The zero-order valence-corrected chi connectivity index (χ0v) is 15.6.